The van der Waals surface area contributed by atoms with Gasteiger partial charge in [0.15, 0.2) is 5.96 Å². The Kier molecular flexibility index (Phi) is 5.04. The summed E-state index contributed by atoms with van der Waals surface area (Å²) in [7, 11) is 1.90. The number of aliphatic imine (C=N–C) groups is 1. The molecule has 3 unspecified atom stereocenters. The summed E-state index contributed by atoms with van der Waals surface area (Å²) < 4.78 is 0. The van der Waals surface area contributed by atoms with E-state index in [1.54, 1.807) is 0 Å². The highest BCUT2D eigenvalue weighted by atomic mass is 15.4. The molecule has 2 heterocycles. The zero-order chi connectivity index (χ0) is 17.1. The van der Waals surface area contributed by atoms with Crippen LogP contribution in [0, 0.1) is 17.8 Å². The van der Waals surface area contributed by atoms with E-state index >= 15 is 0 Å². The smallest absolute Gasteiger partial charge is 0.225 e. The molecule has 4 rings (SSSR count). The van der Waals surface area contributed by atoms with Crippen LogP contribution in [-0.4, -0.2) is 60.6 Å². The molecule has 0 aromatic carbocycles. The maximum atomic E-state index is 4.50. The minimum Gasteiger partial charge on any atom is -0.356 e. The first-order valence-electron chi connectivity index (χ1n) is 9.81. The number of guanidine groups is 1. The molecule has 1 N–H and O–H groups in total. The molecule has 6 heteroatoms. The lowest BCUT2D eigenvalue weighted by Crippen LogP contribution is -2.53. The highest BCUT2D eigenvalue weighted by Gasteiger charge is 2.38. The number of anilines is 1. The Morgan fingerprint density at radius 2 is 1.96 bits per heavy atom. The zero-order valence-electron chi connectivity index (χ0n) is 15.3. The van der Waals surface area contributed by atoms with Crippen molar-refractivity contribution in [3.05, 3.63) is 18.5 Å². The molecule has 1 saturated heterocycles. The van der Waals surface area contributed by atoms with Crippen molar-refractivity contribution >= 4 is 11.9 Å². The zero-order valence-corrected chi connectivity index (χ0v) is 15.3. The molecule has 136 valence electrons. The number of fused-ring (bicyclic) bond motifs is 2. The third-order valence-electron chi connectivity index (χ3n) is 6.31. The lowest BCUT2D eigenvalue weighted by atomic mass is 9.86. The normalized spacial score (nSPS) is 29.3. The minimum absolute atomic E-state index is 0.835. The van der Waals surface area contributed by atoms with Gasteiger partial charge >= 0.3 is 0 Å². The van der Waals surface area contributed by atoms with Gasteiger partial charge in [-0.3, -0.25) is 4.99 Å². The molecule has 1 aliphatic heterocycles. The van der Waals surface area contributed by atoms with E-state index in [9.17, 15) is 0 Å². The van der Waals surface area contributed by atoms with Crippen molar-refractivity contribution in [3.63, 3.8) is 0 Å². The number of piperazine rings is 1. The van der Waals surface area contributed by atoms with Gasteiger partial charge in [0.25, 0.3) is 0 Å². The van der Waals surface area contributed by atoms with Crippen LogP contribution in [0.15, 0.2) is 23.5 Å². The summed E-state index contributed by atoms with van der Waals surface area (Å²) in [4.78, 5) is 17.8. The van der Waals surface area contributed by atoms with Crippen molar-refractivity contribution in [2.45, 2.75) is 32.1 Å². The van der Waals surface area contributed by atoms with Gasteiger partial charge in [0.05, 0.1) is 0 Å². The number of rotatable bonds is 4. The summed E-state index contributed by atoms with van der Waals surface area (Å²) in [5, 5.41) is 3.61. The summed E-state index contributed by atoms with van der Waals surface area (Å²) in [6, 6.07) is 1.86. The van der Waals surface area contributed by atoms with E-state index in [-0.39, 0.29) is 0 Å². The fraction of sp³-hybridized carbons (Fsp3) is 0.737. The molecule has 6 nitrogen and oxygen atoms in total. The van der Waals surface area contributed by atoms with Gasteiger partial charge in [0.1, 0.15) is 0 Å². The van der Waals surface area contributed by atoms with Gasteiger partial charge in [-0.2, -0.15) is 0 Å². The minimum atomic E-state index is 0.835. The van der Waals surface area contributed by atoms with E-state index in [0.717, 1.165) is 62.4 Å². The summed E-state index contributed by atoms with van der Waals surface area (Å²) in [6.45, 7) is 4.87. The van der Waals surface area contributed by atoms with Crippen molar-refractivity contribution in [2.24, 2.45) is 22.7 Å². The van der Waals surface area contributed by atoms with E-state index in [2.05, 4.69) is 30.1 Å². The largest absolute Gasteiger partial charge is 0.356 e. The quantitative estimate of drug-likeness (QED) is 0.670. The third-order valence-corrected chi connectivity index (χ3v) is 6.31. The lowest BCUT2D eigenvalue weighted by molar-refractivity contribution is 0.311. The summed E-state index contributed by atoms with van der Waals surface area (Å²) in [5.41, 5.74) is 0. The van der Waals surface area contributed by atoms with Gasteiger partial charge in [-0.15, -0.1) is 0 Å². The SMILES string of the molecule is CN=C(NCCC1CC2CCC1C2)N1CCN(c2ncccn2)CC1. The Hall–Kier alpha value is -1.85. The molecule has 1 aromatic heterocycles. The fourth-order valence-electron chi connectivity index (χ4n) is 5.00. The molecule has 3 aliphatic rings. The fourth-order valence-corrected chi connectivity index (χ4v) is 5.00. The molecule has 0 radical (unpaired) electrons. The predicted molar refractivity (Wildman–Crippen MR) is 101 cm³/mol. The Morgan fingerprint density at radius 1 is 1.16 bits per heavy atom. The second-order valence-corrected chi connectivity index (χ2v) is 7.72. The Bertz CT molecular complexity index is 581. The first kappa shape index (κ1) is 16.6. The maximum absolute atomic E-state index is 4.50. The van der Waals surface area contributed by atoms with Crippen LogP contribution in [0.25, 0.3) is 0 Å². The van der Waals surface area contributed by atoms with Gasteiger partial charge in [-0.25, -0.2) is 9.97 Å². The third kappa shape index (κ3) is 3.72. The van der Waals surface area contributed by atoms with Crippen molar-refractivity contribution in [1.29, 1.82) is 0 Å². The van der Waals surface area contributed by atoms with E-state index in [4.69, 9.17) is 0 Å². The van der Waals surface area contributed by atoms with Crippen LogP contribution in [0.1, 0.15) is 32.1 Å². The van der Waals surface area contributed by atoms with Gasteiger partial charge in [0.2, 0.25) is 5.95 Å². The average Bonchev–Trinajstić information content (AvgIpc) is 3.29. The van der Waals surface area contributed by atoms with E-state index in [0.29, 0.717) is 0 Å². The number of hydrogen-bond donors (Lipinski definition) is 1. The molecule has 0 spiro atoms. The second kappa shape index (κ2) is 7.58. The molecule has 0 amide bonds. The number of hydrogen-bond acceptors (Lipinski definition) is 4. The molecule has 25 heavy (non-hydrogen) atoms. The van der Waals surface area contributed by atoms with Gasteiger partial charge in [-0.05, 0) is 49.5 Å². The average molecular weight is 342 g/mol. The lowest BCUT2D eigenvalue weighted by Gasteiger charge is -2.36. The molecule has 3 fully saturated rings. The van der Waals surface area contributed by atoms with Crippen LogP contribution in [0.3, 0.4) is 0 Å². The van der Waals surface area contributed by atoms with E-state index in [1.807, 2.05) is 25.5 Å². The number of nitrogens with one attached hydrogen (secondary N) is 1. The molecule has 3 atom stereocenters. The van der Waals surface area contributed by atoms with Crippen molar-refractivity contribution in [1.82, 2.24) is 20.2 Å². The molecular formula is C19H30N6. The summed E-state index contributed by atoms with van der Waals surface area (Å²) in [6.07, 6.45) is 10.9. The Balaban J connectivity index is 1.22. The molecule has 1 aromatic rings. The van der Waals surface area contributed by atoms with E-state index < -0.39 is 0 Å². The van der Waals surface area contributed by atoms with Gasteiger partial charge in [-0.1, -0.05) is 6.42 Å². The molecular weight excluding hydrogens is 312 g/mol. The van der Waals surface area contributed by atoms with Crippen LogP contribution in [0.2, 0.25) is 0 Å². The second-order valence-electron chi connectivity index (χ2n) is 7.72. The monoisotopic (exact) mass is 342 g/mol. The van der Waals surface area contributed by atoms with Crippen molar-refractivity contribution in [3.8, 4) is 0 Å². The van der Waals surface area contributed by atoms with Gasteiger partial charge < -0.3 is 15.1 Å². The van der Waals surface area contributed by atoms with Crippen LogP contribution in [0.4, 0.5) is 5.95 Å². The maximum Gasteiger partial charge on any atom is 0.225 e. The summed E-state index contributed by atoms with van der Waals surface area (Å²) >= 11 is 0. The van der Waals surface area contributed by atoms with Crippen molar-refractivity contribution in [2.75, 3.05) is 44.7 Å². The molecule has 2 aliphatic carbocycles. The highest BCUT2D eigenvalue weighted by molar-refractivity contribution is 5.80. The van der Waals surface area contributed by atoms with Crippen LogP contribution in [0.5, 0.6) is 0 Å². The topological polar surface area (TPSA) is 56.7 Å². The summed E-state index contributed by atoms with van der Waals surface area (Å²) in [5.74, 6) is 4.90. The highest BCUT2D eigenvalue weighted by Crippen LogP contribution is 2.49. The van der Waals surface area contributed by atoms with Gasteiger partial charge in [0, 0.05) is 52.2 Å². The first-order chi connectivity index (χ1) is 12.3. The number of aromatic nitrogens is 2. The van der Waals surface area contributed by atoms with Crippen molar-refractivity contribution < 1.29 is 0 Å². The Labute approximate surface area is 150 Å². The standard InChI is InChI=1S/C19H30N6/c1-20-18(23-8-5-17-14-15-3-4-16(17)13-15)24-9-11-25(12-10-24)19-21-6-2-7-22-19/h2,6-7,15-17H,3-5,8-14H2,1H3,(H,20,23). The van der Waals surface area contributed by atoms with Crippen LogP contribution < -0.4 is 10.2 Å². The van der Waals surface area contributed by atoms with Crippen LogP contribution >= 0.6 is 0 Å². The number of nitrogens with zero attached hydrogens (tertiary/aromatic N) is 5. The van der Waals surface area contributed by atoms with Crippen LogP contribution in [-0.2, 0) is 0 Å². The predicted octanol–water partition coefficient (Wildman–Crippen LogP) is 2.00. The van der Waals surface area contributed by atoms with E-state index in [1.165, 1.54) is 32.1 Å². The Morgan fingerprint density at radius 3 is 2.60 bits per heavy atom. The molecule has 2 bridgehead atoms. The first-order valence-corrected chi connectivity index (χ1v) is 9.81. The molecule has 2 saturated carbocycles.